The van der Waals surface area contributed by atoms with Gasteiger partial charge in [0.25, 0.3) is 0 Å². The van der Waals surface area contributed by atoms with Crippen molar-refractivity contribution in [3.8, 4) is 5.75 Å². The lowest BCUT2D eigenvalue weighted by atomic mass is 10.1. The lowest BCUT2D eigenvalue weighted by Gasteiger charge is -2.27. The van der Waals surface area contributed by atoms with E-state index >= 15 is 0 Å². The zero-order valence-corrected chi connectivity index (χ0v) is 11.9. The Morgan fingerprint density at radius 1 is 1.38 bits per heavy atom. The first-order chi connectivity index (χ1) is 9.96. The summed E-state index contributed by atoms with van der Waals surface area (Å²) >= 11 is 0. The molecule has 8 nitrogen and oxygen atoms in total. The summed E-state index contributed by atoms with van der Waals surface area (Å²) < 4.78 is 37.9. The molecule has 114 valence electrons. The van der Waals surface area contributed by atoms with E-state index in [0.29, 0.717) is 12.1 Å². The maximum atomic E-state index is 12.6. The highest BCUT2D eigenvalue weighted by Crippen LogP contribution is 2.26. The molecule has 1 heterocycles. The van der Waals surface area contributed by atoms with Gasteiger partial charge in [-0.25, -0.2) is 0 Å². The monoisotopic (exact) mass is 315 g/mol. The van der Waals surface area contributed by atoms with Crippen LogP contribution in [0.4, 0.5) is 9.57 Å². The molecule has 1 aliphatic heterocycles. The van der Waals surface area contributed by atoms with Crippen LogP contribution in [-0.4, -0.2) is 39.5 Å². The molecular weight excluding hydrogens is 301 g/mol. The highest BCUT2D eigenvalue weighted by atomic mass is 32.3. The van der Waals surface area contributed by atoms with Crippen LogP contribution in [0, 0.1) is 0 Å². The van der Waals surface area contributed by atoms with Crippen molar-refractivity contribution in [3.63, 3.8) is 0 Å². The predicted molar refractivity (Wildman–Crippen MR) is 74.1 cm³/mol. The standard InChI is InChI=1S/C11H14FN5O3S/c12-21(18,19)20-11-6-9(5-10(7-11)15-16-13)8-17-3-1-14-2-4-17/h5-7,14H,1-4,8H2. The first kappa shape index (κ1) is 15.5. The second kappa shape index (κ2) is 6.72. The molecule has 0 spiro atoms. The van der Waals surface area contributed by atoms with E-state index < -0.39 is 10.5 Å². The van der Waals surface area contributed by atoms with Gasteiger partial charge < -0.3 is 9.50 Å². The van der Waals surface area contributed by atoms with E-state index in [0.717, 1.165) is 32.2 Å². The molecule has 0 radical (unpaired) electrons. The first-order valence-corrected chi connectivity index (χ1v) is 7.53. The Morgan fingerprint density at radius 3 is 2.71 bits per heavy atom. The predicted octanol–water partition coefficient (Wildman–Crippen LogP) is 1.63. The summed E-state index contributed by atoms with van der Waals surface area (Å²) in [7, 11) is -5.12. The van der Waals surface area contributed by atoms with Gasteiger partial charge in [-0.1, -0.05) is 9.00 Å². The molecule has 0 saturated carbocycles. The van der Waals surface area contributed by atoms with Gasteiger partial charge >= 0.3 is 10.5 Å². The van der Waals surface area contributed by atoms with Crippen LogP contribution in [0.15, 0.2) is 23.3 Å². The van der Waals surface area contributed by atoms with Gasteiger partial charge in [-0.2, -0.15) is 8.42 Å². The van der Waals surface area contributed by atoms with Crippen molar-refractivity contribution >= 4 is 16.2 Å². The van der Waals surface area contributed by atoms with Crippen molar-refractivity contribution in [1.29, 1.82) is 0 Å². The molecule has 0 aromatic heterocycles. The molecule has 1 aliphatic rings. The fraction of sp³-hybridized carbons (Fsp3) is 0.455. The minimum atomic E-state index is -5.12. The summed E-state index contributed by atoms with van der Waals surface area (Å²) in [6.07, 6.45) is 0. The highest BCUT2D eigenvalue weighted by Gasteiger charge is 2.14. The number of hydrogen-bond acceptors (Lipinski definition) is 6. The zero-order valence-electron chi connectivity index (χ0n) is 11.1. The minimum absolute atomic E-state index is 0.170. The third kappa shape index (κ3) is 5.20. The number of nitrogens with one attached hydrogen (secondary N) is 1. The van der Waals surface area contributed by atoms with E-state index in [1.165, 1.54) is 6.07 Å². The van der Waals surface area contributed by atoms with Crippen molar-refractivity contribution in [1.82, 2.24) is 10.2 Å². The van der Waals surface area contributed by atoms with Crippen LogP contribution in [0.2, 0.25) is 0 Å². The molecule has 0 bridgehead atoms. The van der Waals surface area contributed by atoms with Crippen molar-refractivity contribution in [2.75, 3.05) is 26.2 Å². The SMILES string of the molecule is [N-]=[N+]=Nc1cc(CN2CCNCC2)cc(OS(=O)(=O)F)c1. The number of benzene rings is 1. The summed E-state index contributed by atoms with van der Waals surface area (Å²) in [6.45, 7) is 3.92. The second-order valence-electron chi connectivity index (χ2n) is 4.53. The van der Waals surface area contributed by atoms with Crippen LogP contribution in [0.3, 0.4) is 0 Å². The number of piperazine rings is 1. The van der Waals surface area contributed by atoms with Crippen LogP contribution in [0.25, 0.3) is 10.4 Å². The maximum Gasteiger partial charge on any atom is 0.488 e. The molecule has 0 aliphatic carbocycles. The van der Waals surface area contributed by atoms with Crippen molar-refractivity contribution in [2.45, 2.75) is 6.54 Å². The van der Waals surface area contributed by atoms with Gasteiger partial charge in [0.05, 0.1) is 0 Å². The van der Waals surface area contributed by atoms with E-state index in [1.807, 2.05) is 0 Å². The summed E-state index contributed by atoms with van der Waals surface area (Å²) in [4.78, 5) is 4.77. The number of halogens is 1. The van der Waals surface area contributed by atoms with E-state index in [1.54, 1.807) is 6.07 Å². The Kier molecular flexibility index (Phi) is 4.97. The fourth-order valence-electron chi connectivity index (χ4n) is 2.13. The molecule has 10 heteroatoms. The molecule has 1 aromatic rings. The minimum Gasteiger partial charge on any atom is -0.358 e. The maximum absolute atomic E-state index is 12.6. The van der Waals surface area contributed by atoms with Gasteiger partial charge in [0.2, 0.25) is 0 Å². The summed E-state index contributed by atoms with van der Waals surface area (Å²) in [5, 5.41) is 6.62. The van der Waals surface area contributed by atoms with E-state index in [2.05, 4.69) is 24.4 Å². The van der Waals surface area contributed by atoms with Crippen LogP contribution in [0.5, 0.6) is 5.75 Å². The second-order valence-corrected chi connectivity index (χ2v) is 5.48. The Balaban J connectivity index is 2.24. The molecule has 0 unspecified atom stereocenters. The molecule has 1 fully saturated rings. The number of nitrogens with zero attached hydrogens (tertiary/aromatic N) is 4. The number of azide groups is 1. The molecule has 1 N–H and O–H groups in total. The molecule has 0 amide bonds. The Bertz CT molecular complexity index is 654. The summed E-state index contributed by atoms with van der Waals surface area (Å²) in [5.41, 5.74) is 9.31. The van der Waals surface area contributed by atoms with Gasteiger partial charge in [-0.05, 0) is 29.3 Å². The van der Waals surface area contributed by atoms with E-state index in [-0.39, 0.29) is 11.4 Å². The summed E-state index contributed by atoms with van der Waals surface area (Å²) in [6, 6.07) is 4.19. The van der Waals surface area contributed by atoms with Gasteiger partial charge in [0.1, 0.15) is 5.75 Å². The third-order valence-electron chi connectivity index (χ3n) is 2.92. The van der Waals surface area contributed by atoms with Crippen LogP contribution in [-0.2, 0) is 17.0 Å². The average Bonchev–Trinajstić information content (AvgIpc) is 2.38. The zero-order chi connectivity index (χ0) is 15.3. The van der Waals surface area contributed by atoms with Crippen molar-refractivity contribution in [3.05, 3.63) is 34.2 Å². The van der Waals surface area contributed by atoms with Gasteiger partial charge in [0.15, 0.2) is 0 Å². The largest absolute Gasteiger partial charge is 0.488 e. The summed E-state index contributed by atoms with van der Waals surface area (Å²) in [5.74, 6) is -0.215. The number of hydrogen-bond donors (Lipinski definition) is 1. The molecule has 2 rings (SSSR count). The smallest absolute Gasteiger partial charge is 0.358 e. The Hall–Kier alpha value is -1.87. The normalized spacial score (nSPS) is 16.2. The third-order valence-corrected chi connectivity index (χ3v) is 3.31. The van der Waals surface area contributed by atoms with Gasteiger partial charge in [-0.3, -0.25) is 4.90 Å². The lowest BCUT2D eigenvalue weighted by Crippen LogP contribution is -2.42. The van der Waals surface area contributed by atoms with Gasteiger partial charge in [-0.15, -0.1) is 0 Å². The fourth-order valence-corrected chi connectivity index (χ4v) is 2.46. The quantitative estimate of drug-likeness (QED) is 0.384. The van der Waals surface area contributed by atoms with Crippen molar-refractivity contribution < 1.29 is 16.5 Å². The van der Waals surface area contributed by atoms with Crippen molar-refractivity contribution in [2.24, 2.45) is 5.11 Å². The molecule has 1 saturated heterocycles. The van der Waals surface area contributed by atoms with Crippen LogP contribution in [0.1, 0.15) is 5.56 Å². The topological polar surface area (TPSA) is 107 Å². The van der Waals surface area contributed by atoms with E-state index in [9.17, 15) is 12.3 Å². The lowest BCUT2D eigenvalue weighted by molar-refractivity contribution is 0.233. The van der Waals surface area contributed by atoms with E-state index in [4.69, 9.17) is 5.53 Å². The molecular formula is C11H14FN5O3S. The average molecular weight is 315 g/mol. The molecule has 21 heavy (non-hydrogen) atoms. The van der Waals surface area contributed by atoms with Gasteiger partial charge in [0, 0.05) is 43.3 Å². The Labute approximate surface area is 121 Å². The number of rotatable bonds is 5. The Morgan fingerprint density at radius 2 is 2.10 bits per heavy atom. The van der Waals surface area contributed by atoms with Crippen LogP contribution >= 0.6 is 0 Å². The first-order valence-electron chi connectivity index (χ1n) is 6.22. The van der Waals surface area contributed by atoms with Crippen LogP contribution < -0.4 is 9.50 Å². The molecule has 0 atom stereocenters. The molecule has 1 aromatic carbocycles. The highest BCUT2D eigenvalue weighted by molar-refractivity contribution is 7.81.